The van der Waals surface area contributed by atoms with Crippen molar-refractivity contribution >= 4 is 0 Å². The molecule has 0 bridgehead atoms. The molecule has 1 heterocycles. The Morgan fingerprint density at radius 2 is 1.90 bits per heavy atom. The number of ether oxygens (including phenoxy) is 2. The van der Waals surface area contributed by atoms with E-state index in [1.165, 1.54) is 0 Å². The first-order chi connectivity index (χ1) is 9.65. The van der Waals surface area contributed by atoms with E-state index in [0.29, 0.717) is 24.8 Å². The smallest absolute Gasteiger partial charge is 0.171 e. The van der Waals surface area contributed by atoms with E-state index in [0.717, 1.165) is 17.1 Å². The number of nitrogens with zero attached hydrogens (tertiary/aromatic N) is 2. The molecule has 1 aromatic carbocycles. The van der Waals surface area contributed by atoms with Crippen LogP contribution in [0.1, 0.15) is 37.1 Å². The van der Waals surface area contributed by atoms with Crippen LogP contribution in [0.15, 0.2) is 18.2 Å². The summed E-state index contributed by atoms with van der Waals surface area (Å²) in [6.45, 7) is 6.86. The van der Waals surface area contributed by atoms with Crippen LogP contribution in [0.2, 0.25) is 0 Å². The van der Waals surface area contributed by atoms with Crippen molar-refractivity contribution in [3.63, 3.8) is 0 Å². The molecule has 0 saturated heterocycles. The van der Waals surface area contributed by atoms with Gasteiger partial charge in [0.05, 0.1) is 19.3 Å². The lowest BCUT2D eigenvalue weighted by atomic mass is 10.1. The number of nitrogens with one attached hydrogen (secondary N) is 1. The molecule has 1 aromatic heterocycles. The lowest BCUT2D eigenvalue weighted by Gasteiger charge is -2.14. The van der Waals surface area contributed by atoms with Gasteiger partial charge >= 0.3 is 0 Å². The summed E-state index contributed by atoms with van der Waals surface area (Å²) in [5.41, 5.74) is 7.06. The maximum Gasteiger partial charge on any atom is 0.171 e. The van der Waals surface area contributed by atoms with E-state index >= 15 is 0 Å². The molecule has 3 N–H and O–H groups in total. The van der Waals surface area contributed by atoms with Gasteiger partial charge in [-0.05, 0) is 38.5 Å². The predicted octanol–water partition coefficient (Wildman–Crippen LogP) is 1.96. The third-order valence-corrected chi connectivity index (χ3v) is 2.82. The van der Waals surface area contributed by atoms with Crippen molar-refractivity contribution in [2.45, 2.75) is 26.8 Å². The minimum absolute atomic E-state index is 0.394. The van der Waals surface area contributed by atoms with Crippen molar-refractivity contribution < 1.29 is 9.47 Å². The molecular weight excluding hydrogens is 256 g/mol. The third-order valence-electron chi connectivity index (χ3n) is 2.82. The van der Waals surface area contributed by atoms with E-state index in [4.69, 9.17) is 15.2 Å². The van der Waals surface area contributed by atoms with Gasteiger partial charge < -0.3 is 15.2 Å². The number of rotatable bonds is 6. The average Bonchev–Trinajstić information content (AvgIpc) is 2.87. The molecule has 0 saturated carbocycles. The zero-order chi connectivity index (χ0) is 14.5. The van der Waals surface area contributed by atoms with Crippen molar-refractivity contribution in [1.29, 1.82) is 0 Å². The molecule has 0 spiro atoms. The summed E-state index contributed by atoms with van der Waals surface area (Å²) in [4.78, 5) is 4.26. The van der Waals surface area contributed by atoms with Crippen LogP contribution in [-0.4, -0.2) is 28.4 Å². The van der Waals surface area contributed by atoms with E-state index < -0.39 is 6.04 Å². The zero-order valence-corrected chi connectivity index (χ0v) is 12.0. The van der Waals surface area contributed by atoms with Gasteiger partial charge in [0.15, 0.2) is 17.3 Å². The van der Waals surface area contributed by atoms with Gasteiger partial charge in [-0.2, -0.15) is 5.10 Å². The molecule has 0 amide bonds. The van der Waals surface area contributed by atoms with Crippen molar-refractivity contribution in [1.82, 2.24) is 15.2 Å². The highest BCUT2D eigenvalue weighted by Crippen LogP contribution is 2.31. The fourth-order valence-corrected chi connectivity index (χ4v) is 1.91. The molecule has 0 aliphatic carbocycles. The molecule has 6 heteroatoms. The number of H-pyrrole nitrogens is 1. The standard InChI is InChI=1S/C14H20N4O2/c1-4-19-11-7-6-10(8-12(11)20-5-2)13(15)14-16-9(3)17-18-14/h6-8,13H,4-5,15H2,1-3H3,(H,16,17,18)/t13-/m0/s1. The van der Waals surface area contributed by atoms with Gasteiger partial charge in [0.2, 0.25) is 0 Å². The van der Waals surface area contributed by atoms with Gasteiger partial charge in [-0.25, -0.2) is 4.98 Å². The van der Waals surface area contributed by atoms with Crippen LogP contribution in [0.4, 0.5) is 0 Å². The van der Waals surface area contributed by atoms with Crippen molar-refractivity contribution in [2.24, 2.45) is 5.73 Å². The first-order valence-corrected chi connectivity index (χ1v) is 6.69. The zero-order valence-electron chi connectivity index (χ0n) is 12.0. The van der Waals surface area contributed by atoms with Gasteiger partial charge in [-0.15, -0.1) is 0 Å². The molecule has 0 unspecified atom stereocenters. The van der Waals surface area contributed by atoms with Crippen LogP contribution in [0.5, 0.6) is 11.5 Å². The molecule has 20 heavy (non-hydrogen) atoms. The molecule has 108 valence electrons. The number of benzene rings is 1. The minimum Gasteiger partial charge on any atom is -0.490 e. The van der Waals surface area contributed by atoms with Crippen LogP contribution in [0.3, 0.4) is 0 Å². The van der Waals surface area contributed by atoms with Crippen LogP contribution < -0.4 is 15.2 Å². The Bertz CT molecular complexity index is 568. The maximum absolute atomic E-state index is 6.18. The Kier molecular flexibility index (Phi) is 4.57. The Hall–Kier alpha value is -2.08. The SMILES string of the molecule is CCOc1ccc([C@H](N)c2n[nH]c(C)n2)cc1OCC. The predicted molar refractivity (Wildman–Crippen MR) is 75.9 cm³/mol. The highest BCUT2D eigenvalue weighted by molar-refractivity contribution is 5.44. The third kappa shape index (κ3) is 3.08. The Morgan fingerprint density at radius 1 is 1.20 bits per heavy atom. The van der Waals surface area contributed by atoms with Crippen LogP contribution in [0, 0.1) is 6.92 Å². The topological polar surface area (TPSA) is 86.0 Å². The Labute approximate surface area is 118 Å². The fraction of sp³-hybridized carbons (Fsp3) is 0.429. The van der Waals surface area contributed by atoms with Gasteiger partial charge in [-0.3, -0.25) is 5.10 Å². The molecule has 0 radical (unpaired) electrons. The Morgan fingerprint density at radius 3 is 2.50 bits per heavy atom. The second-order valence-electron chi connectivity index (χ2n) is 4.33. The average molecular weight is 276 g/mol. The van der Waals surface area contributed by atoms with E-state index in [1.54, 1.807) is 0 Å². The largest absolute Gasteiger partial charge is 0.490 e. The number of hydrogen-bond donors (Lipinski definition) is 2. The second kappa shape index (κ2) is 6.38. The lowest BCUT2D eigenvalue weighted by Crippen LogP contribution is -2.14. The highest BCUT2D eigenvalue weighted by Gasteiger charge is 2.16. The first-order valence-electron chi connectivity index (χ1n) is 6.69. The van der Waals surface area contributed by atoms with Crippen molar-refractivity contribution in [3.8, 4) is 11.5 Å². The normalized spacial score (nSPS) is 12.2. The van der Waals surface area contributed by atoms with Crippen LogP contribution in [-0.2, 0) is 0 Å². The lowest BCUT2D eigenvalue weighted by molar-refractivity contribution is 0.287. The van der Waals surface area contributed by atoms with Crippen molar-refractivity contribution in [2.75, 3.05) is 13.2 Å². The molecular formula is C14H20N4O2. The highest BCUT2D eigenvalue weighted by atomic mass is 16.5. The summed E-state index contributed by atoms with van der Waals surface area (Å²) >= 11 is 0. The second-order valence-corrected chi connectivity index (χ2v) is 4.33. The monoisotopic (exact) mass is 276 g/mol. The van der Waals surface area contributed by atoms with E-state index in [2.05, 4.69) is 15.2 Å². The number of nitrogens with two attached hydrogens (primary N) is 1. The molecule has 0 aliphatic heterocycles. The van der Waals surface area contributed by atoms with Gasteiger partial charge in [0, 0.05) is 0 Å². The van der Waals surface area contributed by atoms with E-state index in [9.17, 15) is 0 Å². The maximum atomic E-state index is 6.18. The van der Waals surface area contributed by atoms with E-state index in [1.807, 2.05) is 39.0 Å². The number of hydrogen-bond acceptors (Lipinski definition) is 5. The first kappa shape index (κ1) is 14.3. The van der Waals surface area contributed by atoms with Gasteiger partial charge in [0.25, 0.3) is 0 Å². The fourth-order valence-electron chi connectivity index (χ4n) is 1.91. The summed E-state index contributed by atoms with van der Waals surface area (Å²) in [6.07, 6.45) is 0. The summed E-state index contributed by atoms with van der Waals surface area (Å²) < 4.78 is 11.1. The molecule has 2 aromatic rings. The summed E-state index contributed by atoms with van der Waals surface area (Å²) in [5.74, 6) is 2.71. The number of aryl methyl sites for hydroxylation is 1. The van der Waals surface area contributed by atoms with E-state index in [-0.39, 0.29) is 0 Å². The number of aromatic nitrogens is 3. The Balaban J connectivity index is 2.29. The van der Waals surface area contributed by atoms with Gasteiger partial charge in [0.1, 0.15) is 5.82 Å². The molecule has 0 fully saturated rings. The molecule has 1 atom stereocenters. The molecule has 0 aliphatic rings. The van der Waals surface area contributed by atoms with Crippen LogP contribution in [0.25, 0.3) is 0 Å². The minimum atomic E-state index is -0.394. The summed E-state index contributed by atoms with van der Waals surface area (Å²) in [7, 11) is 0. The summed E-state index contributed by atoms with van der Waals surface area (Å²) in [5, 5.41) is 6.89. The molecule has 6 nitrogen and oxygen atoms in total. The van der Waals surface area contributed by atoms with Gasteiger partial charge in [-0.1, -0.05) is 6.07 Å². The molecule has 2 rings (SSSR count). The number of aromatic amines is 1. The van der Waals surface area contributed by atoms with Crippen molar-refractivity contribution in [3.05, 3.63) is 35.4 Å². The summed E-state index contributed by atoms with van der Waals surface area (Å²) in [6, 6.07) is 5.26. The van der Waals surface area contributed by atoms with Crippen LogP contribution >= 0.6 is 0 Å². The quantitative estimate of drug-likeness (QED) is 0.842.